The maximum Gasteiger partial charge on any atom is 0.326 e. The molecule has 1 fully saturated rings. The number of piperidine rings is 1. The maximum atomic E-state index is 13.5. The Kier molecular flexibility index (Phi) is 9.32. The molecule has 1 saturated heterocycles. The molecule has 2 atom stereocenters. The van der Waals surface area contributed by atoms with Crippen molar-refractivity contribution in [1.82, 2.24) is 15.2 Å². The number of carboxylic acid groups (broad SMARTS) is 1. The van der Waals surface area contributed by atoms with E-state index in [-0.39, 0.29) is 39.7 Å². The summed E-state index contributed by atoms with van der Waals surface area (Å²) in [4.78, 5) is 68.6. The number of pyridine rings is 1. The van der Waals surface area contributed by atoms with Gasteiger partial charge in [-0.2, -0.15) is 0 Å². The molecular formula is C32H28Cl2N4O6. The van der Waals surface area contributed by atoms with Crippen molar-refractivity contribution >= 4 is 63.5 Å². The number of nitrogens with zero attached hydrogens (tertiary/aromatic N) is 1. The Labute approximate surface area is 262 Å². The number of para-hydroxylation sites is 1. The molecule has 10 nitrogen and oxygen atoms in total. The van der Waals surface area contributed by atoms with Crippen molar-refractivity contribution in [3.8, 4) is 0 Å². The SMILES string of the molecule is O=C(Nc1ccc(C[C@H](NC(=O)C2CCCCN2C(=O)c2cc(=O)c3ccccc3[nH]2)C(=O)O)cc1)c1c(Cl)cccc1Cl. The van der Waals surface area contributed by atoms with E-state index < -0.39 is 35.8 Å². The molecule has 1 aliphatic rings. The molecule has 0 saturated carbocycles. The van der Waals surface area contributed by atoms with E-state index in [1.807, 2.05) is 0 Å². The van der Waals surface area contributed by atoms with Crippen LogP contribution in [0.5, 0.6) is 0 Å². The summed E-state index contributed by atoms with van der Waals surface area (Å²) in [5, 5.41) is 16.1. The number of aromatic amines is 1. The molecule has 0 bridgehead atoms. The van der Waals surface area contributed by atoms with Gasteiger partial charge in [0.05, 0.1) is 15.6 Å². The van der Waals surface area contributed by atoms with Gasteiger partial charge in [0.15, 0.2) is 5.43 Å². The number of hydrogen-bond donors (Lipinski definition) is 4. The van der Waals surface area contributed by atoms with Crippen LogP contribution >= 0.6 is 23.2 Å². The van der Waals surface area contributed by atoms with E-state index in [1.165, 1.54) is 11.0 Å². The predicted molar refractivity (Wildman–Crippen MR) is 167 cm³/mol. The molecule has 5 rings (SSSR count). The van der Waals surface area contributed by atoms with E-state index in [9.17, 15) is 29.1 Å². The van der Waals surface area contributed by atoms with Gasteiger partial charge in [-0.3, -0.25) is 19.2 Å². The number of benzene rings is 3. The number of likely N-dealkylation sites (tertiary alicyclic amines) is 1. The molecule has 1 unspecified atom stereocenters. The molecule has 1 aromatic heterocycles. The highest BCUT2D eigenvalue weighted by molar-refractivity contribution is 6.40. The molecule has 2 heterocycles. The van der Waals surface area contributed by atoms with E-state index in [1.54, 1.807) is 66.7 Å². The van der Waals surface area contributed by atoms with Gasteiger partial charge in [0.25, 0.3) is 11.8 Å². The number of fused-ring (bicyclic) bond motifs is 1. The van der Waals surface area contributed by atoms with Gasteiger partial charge in [-0.05, 0) is 61.2 Å². The Bertz CT molecular complexity index is 1790. The van der Waals surface area contributed by atoms with Crippen molar-refractivity contribution in [2.24, 2.45) is 0 Å². The molecular weight excluding hydrogens is 607 g/mol. The molecule has 0 spiro atoms. The Morgan fingerprint density at radius 1 is 0.955 bits per heavy atom. The summed E-state index contributed by atoms with van der Waals surface area (Å²) in [6, 6.07) is 17.1. The van der Waals surface area contributed by atoms with Crippen molar-refractivity contribution in [2.75, 3.05) is 11.9 Å². The highest BCUT2D eigenvalue weighted by Crippen LogP contribution is 2.26. The number of carbonyl (C=O) groups excluding carboxylic acids is 3. The lowest BCUT2D eigenvalue weighted by Crippen LogP contribution is -2.55. The number of carbonyl (C=O) groups is 4. The smallest absolute Gasteiger partial charge is 0.326 e. The van der Waals surface area contributed by atoms with Crippen LogP contribution in [0.3, 0.4) is 0 Å². The standard InChI is InChI=1S/C32H28Cl2N4O6/c33-21-7-5-8-22(34)28(21)30(41)35-19-13-11-18(12-14-19)16-25(32(43)44)37-29(40)26-10-3-4-15-38(26)31(42)24-17-27(39)20-6-1-2-9-23(20)36-24/h1-2,5-9,11-14,17,25-26H,3-4,10,15-16H2,(H,35,41)(H,36,39)(H,37,40)(H,43,44)/t25-,26?/m0/s1. The second-order valence-corrected chi connectivity index (χ2v) is 11.3. The Morgan fingerprint density at radius 3 is 2.36 bits per heavy atom. The number of H-pyrrole nitrogens is 1. The highest BCUT2D eigenvalue weighted by Gasteiger charge is 2.35. The van der Waals surface area contributed by atoms with Crippen LogP contribution in [0.15, 0.2) is 77.6 Å². The van der Waals surface area contributed by atoms with Crippen LogP contribution in [-0.4, -0.2) is 57.3 Å². The van der Waals surface area contributed by atoms with Crippen LogP contribution in [0, 0.1) is 0 Å². The van der Waals surface area contributed by atoms with Gasteiger partial charge in [0, 0.05) is 35.6 Å². The van der Waals surface area contributed by atoms with E-state index in [0.717, 1.165) is 0 Å². The van der Waals surface area contributed by atoms with E-state index in [0.29, 0.717) is 41.4 Å². The second kappa shape index (κ2) is 13.3. The minimum Gasteiger partial charge on any atom is -0.480 e. The maximum absolute atomic E-state index is 13.5. The van der Waals surface area contributed by atoms with Gasteiger partial charge in [-0.25, -0.2) is 4.79 Å². The van der Waals surface area contributed by atoms with Gasteiger partial charge >= 0.3 is 5.97 Å². The summed E-state index contributed by atoms with van der Waals surface area (Å²) in [6.45, 7) is 0.288. The van der Waals surface area contributed by atoms with Crippen molar-refractivity contribution in [2.45, 2.75) is 37.8 Å². The van der Waals surface area contributed by atoms with Crippen molar-refractivity contribution < 1.29 is 24.3 Å². The van der Waals surface area contributed by atoms with Crippen molar-refractivity contribution in [3.05, 3.63) is 110 Å². The first-order valence-corrected chi connectivity index (χ1v) is 14.7. The zero-order valence-corrected chi connectivity index (χ0v) is 24.8. The Morgan fingerprint density at radius 2 is 1.66 bits per heavy atom. The first-order chi connectivity index (χ1) is 21.1. The third-order valence-electron chi connectivity index (χ3n) is 7.49. The molecule has 12 heteroatoms. The van der Waals surface area contributed by atoms with Crippen LogP contribution in [-0.2, 0) is 16.0 Å². The number of carboxylic acids is 1. The molecule has 4 aromatic rings. The lowest BCUT2D eigenvalue weighted by Gasteiger charge is -2.35. The summed E-state index contributed by atoms with van der Waals surface area (Å²) in [5.41, 5.74) is 1.42. The average Bonchev–Trinajstić information content (AvgIpc) is 3.01. The van der Waals surface area contributed by atoms with E-state index in [4.69, 9.17) is 23.2 Å². The molecule has 0 radical (unpaired) electrons. The summed E-state index contributed by atoms with van der Waals surface area (Å²) in [6.07, 6.45) is 1.66. The summed E-state index contributed by atoms with van der Waals surface area (Å²) in [5.74, 6) is -2.83. The largest absolute Gasteiger partial charge is 0.480 e. The second-order valence-electron chi connectivity index (χ2n) is 10.5. The van der Waals surface area contributed by atoms with Crippen LogP contribution in [0.1, 0.15) is 45.7 Å². The zero-order chi connectivity index (χ0) is 31.4. The molecule has 0 aliphatic carbocycles. The molecule has 4 N–H and O–H groups in total. The zero-order valence-electron chi connectivity index (χ0n) is 23.3. The average molecular weight is 636 g/mol. The summed E-state index contributed by atoms with van der Waals surface area (Å²) in [7, 11) is 0. The van der Waals surface area contributed by atoms with Crippen LogP contribution in [0.25, 0.3) is 10.9 Å². The first-order valence-electron chi connectivity index (χ1n) is 13.9. The number of halogens is 2. The minimum atomic E-state index is -1.27. The Hall–Kier alpha value is -4.67. The number of amides is 3. The fraction of sp³-hybridized carbons (Fsp3) is 0.219. The minimum absolute atomic E-state index is 0.0374. The van der Waals surface area contributed by atoms with Crippen molar-refractivity contribution in [3.63, 3.8) is 0 Å². The van der Waals surface area contributed by atoms with E-state index in [2.05, 4.69) is 15.6 Å². The molecule has 3 amide bonds. The molecule has 226 valence electrons. The fourth-order valence-electron chi connectivity index (χ4n) is 5.25. The summed E-state index contributed by atoms with van der Waals surface area (Å²) >= 11 is 12.2. The monoisotopic (exact) mass is 634 g/mol. The number of rotatable bonds is 8. The number of aliphatic carboxylic acids is 1. The van der Waals surface area contributed by atoms with Crippen LogP contribution < -0.4 is 16.1 Å². The topological polar surface area (TPSA) is 149 Å². The highest BCUT2D eigenvalue weighted by atomic mass is 35.5. The fourth-order valence-corrected chi connectivity index (χ4v) is 5.82. The normalized spacial score (nSPS) is 15.4. The van der Waals surface area contributed by atoms with Crippen LogP contribution in [0.2, 0.25) is 10.0 Å². The van der Waals surface area contributed by atoms with Gasteiger partial charge < -0.3 is 25.6 Å². The third-order valence-corrected chi connectivity index (χ3v) is 8.12. The quantitative estimate of drug-likeness (QED) is 0.217. The lowest BCUT2D eigenvalue weighted by atomic mass is 9.99. The van der Waals surface area contributed by atoms with Crippen LogP contribution in [0.4, 0.5) is 5.69 Å². The van der Waals surface area contributed by atoms with Gasteiger partial charge in [0.2, 0.25) is 5.91 Å². The lowest BCUT2D eigenvalue weighted by molar-refractivity contribution is -0.142. The third kappa shape index (κ3) is 6.77. The Balaban J connectivity index is 1.26. The predicted octanol–water partition coefficient (Wildman–Crippen LogP) is 4.89. The molecule has 3 aromatic carbocycles. The van der Waals surface area contributed by atoms with Gasteiger partial charge in [0.1, 0.15) is 17.8 Å². The number of nitrogens with one attached hydrogen (secondary N) is 3. The molecule has 1 aliphatic heterocycles. The number of anilines is 1. The van der Waals surface area contributed by atoms with E-state index >= 15 is 0 Å². The number of aromatic nitrogens is 1. The van der Waals surface area contributed by atoms with Gasteiger partial charge in [-0.1, -0.05) is 53.5 Å². The van der Waals surface area contributed by atoms with Crippen molar-refractivity contribution in [1.29, 1.82) is 0 Å². The summed E-state index contributed by atoms with van der Waals surface area (Å²) < 4.78 is 0. The van der Waals surface area contributed by atoms with Gasteiger partial charge in [-0.15, -0.1) is 0 Å². The first kappa shape index (κ1) is 30.8. The number of hydrogen-bond acceptors (Lipinski definition) is 5. The molecule has 44 heavy (non-hydrogen) atoms.